The van der Waals surface area contributed by atoms with Gasteiger partial charge in [0.2, 0.25) is 0 Å². The van der Waals surface area contributed by atoms with E-state index >= 15 is 0 Å². The SMILES string of the molecule is Cc1cccc(NC(=O)c2ccc(N)c(N)c2)n1. The van der Waals surface area contributed by atoms with Crippen molar-refractivity contribution >= 4 is 23.1 Å². The van der Waals surface area contributed by atoms with E-state index in [1.807, 2.05) is 19.1 Å². The zero-order valence-electron chi connectivity index (χ0n) is 9.97. The van der Waals surface area contributed by atoms with E-state index in [-0.39, 0.29) is 5.91 Å². The monoisotopic (exact) mass is 242 g/mol. The highest BCUT2D eigenvalue weighted by Crippen LogP contribution is 2.17. The van der Waals surface area contributed by atoms with Crippen molar-refractivity contribution in [2.24, 2.45) is 0 Å². The van der Waals surface area contributed by atoms with Crippen LogP contribution in [0.5, 0.6) is 0 Å². The highest BCUT2D eigenvalue weighted by Gasteiger charge is 2.08. The Balaban J connectivity index is 2.19. The number of benzene rings is 1. The molecule has 0 fully saturated rings. The van der Waals surface area contributed by atoms with Gasteiger partial charge < -0.3 is 16.8 Å². The second-order valence-electron chi connectivity index (χ2n) is 3.96. The molecule has 1 aromatic heterocycles. The van der Waals surface area contributed by atoms with Crippen LogP contribution in [0.2, 0.25) is 0 Å². The van der Waals surface area contributed by atoms with Crippen LogP contribution < -0.4 is 16.8 Å². The number of aryl methyl sites for hydroxylation is 1. The maximum absolute atomic E-state index is 11.9. The Morgan fingerprint density at radius 2 is 1.94 bits per heavy atom. The minimum absolute atomic E-state index is 0.264. The molecule has 0 saturated carbocycles. The first-order valence-electron chi connectivity index (χ1n) is 5.46. The zero-order chi connectivity index (χ0) is 13.1. The molecule has 2 rings (SSSR count). The van der Waals surface area contributed by atoms with Gasteiger partial charge in [-0.15, -0.1) is 0 Å². The van der Waals surface area contributed by atoms with Gasteiger partial charge in [0, 0.05) is 11.3 Å². The van der Waals surface area contributed by atoms with Crippen molar-refractivity contribution < 1.29 is 4.79 Å². The van der Waals surface area contributed by atoms with Gasteiger partial charge >= 0.3 is 0 Å². The van der Waals surface area contributed by atoms with Crippen LogP contribution in [0.1, 0.15) is 16.1 Å². The summed E-state index contributed by atoms with van der Waals surface area (Å²) in [5.74, 6) is 0.246. The molecule has 5 nitrogen and oxygen atoms in total. The van der Waals surface area contributed by atoms with E-state index < -0.39 is 0 Å². The molecular weight excluding hydrogens is 228 g/mol. The highest BCUT2D eigenvalue weighted by molar-refractivity contribution is 6.04. The van der Waals surface area contributed by atoms with E-state index in [9.17, 15) is 4.79 Å². The maximum atomic E-state index is 11.9. The number of carbonyl (C=O) groups excluding carboxylic acids is 1. The molecule has 0 aliphatic carbocycles. The van der Waals surface area contributed by atoms with Gasteiger partial charge in [0.15, 0.2) is 0 Å². The second kappa shape index (κ2) is 4.75. The Kier molecular flexibility index (Phi) is 3.14. The lowest BCUT2D eigenvalue weighted by Gasteiger charge is -2.06. The molecule has 0 aliphatic rings. The second-order valence-corrected chi connectivity index (χ2v) is 3.96. The number of nitrogens with two attached hydrogens (primary N) is 2. The molecule has 1 heterocycles. The number of nitrogen functional groups attached to an aromatic ring is 2. The quantitative estimate of drug-likeness (QED) is 0.700. The normalized spacial score (nSPS) is 10.1. The van der Waals surface area contributed by atoms with Crippen molar-refractivity contribution in [3.63, 3.8) is 0 Å². The van der Waals surface area contributed by atoms with Gasteiger partial charge in [-0.3, -0.25) is 4.79 Å². The third-order valence-electron chi connectivity index (χ3n) is 2.48. The molecule has 5 heteroatoms. The summed E-state index contributed by atoms with van der Waals surface area (Å²) < 4.78 is 0. The van der Waals surface area contributed by atoms with E-state index in [2.05, 4.69) is 10.3 Å². The molecule has 0 radical (unpaired) electrons. The van der Waals surface area contributed by atoms with Gasteiger partial charge in [0.25, 0.3) is 5.91 Å². The number of rotatable bonds is 2. The lowest BCUT2D eigenvalue weighted by molar-refractivity contribution is 0.102. The van der Waals surface area contributed by atoms with Gasteiger partial charge in [-0.25, -0.2) is 4.98 Å². The first-order chi connectivity index (χ1) is 8.56. The number of amides is 1. The Labute approximate surface area is 105 Å². The first-order valence-corrected chi connectivity index (χ1v) is 5.46. The van der Waals surface area contributed by atoms with Crippen LogP contribution in [0.4, 0.5) is 17.2 Å². The van der Waals surface area contributed by atoms with Crippen molar-refractivity contribution in [1.82, 2.24) is 4.98 Å². The third kappa shape index (κ3) is 2.57. The zero-order valence-corrected chi connectivity index (χ0v) is 9.97. The van der Waals surface area contributed by atoms with Gasteiger partial charge in [-0.2, -0.15) is 0 Å². The Bertz CT molecular complexity index is 595. The van der Waals surface area contributed by atoms with Crippen molar-refractivity contribution in [2.45, 2.75) is 6.92 Å². The number of aromatic nitrogens is 1. The van der Waals surface area contributed by atoms with E-state index in [1.165, 1.54) is 0 Å². The van der Waals surface area contributed by atoms with Crippen LogP contribution in [-0.4, -0.2) is 10.9 Å². The van der Waals surface area contributed by atoms with E-state index in [0.29, 0.717) is 22.8 Å². The minimum Gasteiger partial charge on any atom is -0.397 e. The minimum atomic E-state index is -0.264. The summed E-state index contributed by atoms with van der Waals surface area (Å²) in [6, 6.07) is 10.2. The summed E-state index contributed by atoms with van der Waals surface area (Å²) >= 11 is 0. The average Bonchev–Trinajstić information content (AvgIpc) is 2.32. The summed E-state index contributed by atoms with van der Waals surface area (Å²) in [6.45, 7) is 1.86. The van der Waals surface area contributed by atoms with Crippen molar-refractivity contribution in [3.8, 4) is 0 Å². The molecule has 0 unspecified atom stereocenters. The molecule has 5 N–H and O–H groups in total. The van der Waals surface area contributed by atoms with Crippen LogP contribution in [0, 0.1) is 6.92 Å². The van der Waals surface area contributed by atoms with E-state index in [0.717, 1.165) is 5.69 Å². The number of hydrogen-bond donors (Lipinski definition) is 3. The van der Waals surface area contributed by atoms with Crippen molar-refractivity contribution in [2.75, 3.05) is 16.8 Å². The maximum Gasteiger partial charge on any atom is 0.256 e. The van der Waals surface area contributed by atoms with E-state index in [1.54, 1.807) is 24.3 Å². The molecule has 92 valence electrons. The topological polar surface area (TPSA) is 94.0 Å². The molecule has 1 amide bonds. The molecule has 18 heavy (non-hydrogen) atoms. The first kappa shape index (κ1) is 11.9. The van der Waals surface area contributed by atoms with Crippen LogP contribution in [-0.2, 0) is 0 Å². The Morgan fingerprint density at radius 3 is 2.61 bits per heavy atom. The average molecular weight is 242 g/mol. The summed E-state index contributed by atoms with van der Waals surface area (Å²) in [6.07, 6.45) is 0. The molecule has 2 aromatic rings. The Hall–Kier alpha value is -2.56. The van der Waals surface area contributed by atoms with E-state index in [4.69, 9.17) is 11.5 Å². The Morgan fingerprint density at radius 1 is 1.17 bits per heavy atom. The fraction of sp³-hybridized carbons (Fsp3) is 0.0769. The fourth-order valence-electron chi connectivity index (χ4n) is 1.52. The largest absolute Gasteiger partial charge is 0.397 e. The summed E-state index contributed by atoms with van der Waals surface area (Å²) in [5.41, 5.74) is 13.4. The van der Waals surface area contributed by atoms with Gasteiger partial charge in [-0.05, 0) is 37.3 Å². The molecule has 0 atom stereocenters. The smallest absolute Gasteiger partial charge is 0.256 e. The third-order valence-corrected chi connectivity index (χ3v) is 2.48. The van der Waals surface area contributed by atoms with Crippen molar-refractivity contribution in [3.05, 3.63) is 47.7 Å². The number of nitrogens with zero attached hydrogens (tertiary/aromatic N) is 1. The standard InChI is InChI=1S/C13H14N4O/c1-8-3-2-4-12(16-8)17-13(18)9-5-6-10(14)11(15)7-9/h2-7H,14-15H2,1H3,(H,16,17,18). The highest BCUT2D eigenvalue weighted by atomic mass is 16.1. The van der Waals surface area contributed by atoms with Crippen LogP contribution in [0.15, 0.2) is 36.4 Å². The molecule has 0 bridgehead atoms. The van der Waals surface area contributed by atoms with Crippen LogP contribution in [0.25, 0.3) is 0 Å². The number of hydrogen-bond acceptors (Lipinski definition) is 4. The predicted octanol–water partition coefficient (Wildman–Crippen LogP) is 1.81. The molecule has 0 saturated heterocycles. The van der Waals surface area contributed by atoms with Crippen LogP contribution in [0.3, 0.4) is 0 Å². The summed E-state index contributed by atoms with van der Waals surface area (Å²) in [4.78, 5) is 16.1. The van der Waals surface area contributed by atoms with Crippen molar-refractivity contribution in [1.29, 1.82) is 0 Å². The molecular formula is C13H14N4O. The van der Waals surface area contributed by atoms with Gasteiger partial charge in [0.1, 0.15) is 5.82 Å². The lowest BCUT2D eigenvalue weighted by atomic mass is 10.1. The molecule has 0 spiro atoms. The summed E-state index contributed by atoms with van der Waals surface area (Å²) in [7, 11) is 0. The molecule has 0 aliphatic heterocycles. The summed E-state index contributed by atoms with van der Waals surface area (Å²) in [5, 5.41) is 2.70. The van der Waals surface area contributed by atoms with Gasteiger partial charge in [0.05, 0.1) is 11.4 Å². The fourth-order valence-corrected chi connectivity index (χ4v) is 1.52. The predicted molar refractivity (Wildman–Crippen MR) is 72.2 cm³/mol. The van der Waals surface area contributed by atoms with Gasteiger partial charge in [-0.1, -0.05) is 6.07 Å². The lowest BCUT2D eigenvalue weighted by Crippen LogP contribution is -2.13. The number of anilines is 3. The number of nitrogens with one attached hydrogen (secondary N) is 1. The van der Waals surface area contributed by atoms with Crippen LogP contribution >= 0.6 is 0 Å². The number of pyridine rings is 1. The molecule has 1 aromatic carbocycles. The number of carbonyl (C=O) groups is 1.